The molecule has 0 spiro atoms. The van der Waals surface area contributed by atoms with Crippen molar-refractivity contribution < 1.29 is 33.3 Å². The van der Waals surface area contributed by atoms with E-state index in [4.69, 9.17) is 28.5 Å². The van der Waals surface area contributed by atoms with Crippen LogP contribution in [0.15, 0.2) is 91.0 Å². The van der Waals surface area contributed by atoms with Crippen molar-refractivity contribution in [3.8, 4) is 0 Å². The summed E-state index contributed by atoms with van der Waals surface area (Å²) in [5, 5.41) is 1.68. The van der Waals surface area contributed by atoms with Crippen molar-refractivity contribution in [2.24, 2.45) is 0 Å². The van der Waals surface area contributed by atoms with Crippen LogP contribution in [-0.4, -0.2) is 67.7 Å². The summed E-state index contributed by atoms with van der Waals surface area (Å²) in [7, 11) is 1.36. The standard InChI is InChI=1S/C32H35NO7/c1-31(2)38-27-26(37-29(28(27)39-31)33-20-19-25(40-33)30(34)35-3)21-36-32(22-13-7-4-8-14-22,23-15-9-5-10-16-23)24-17-11-6-12-18-24/h4-18,25-29H,19-21H2,1-3H3. The second-order valence-electron chi connectivity index (χ2n) is 10.8. The number of carbonyl (C=O) groups excluding carboxylic acids is 1. The zero-order chi connectivity index (χ0) is 27.7. The van der Waals surface area contributed by atoms with E-state index < -0.39 is 41.9 Å². The number of nitrogens with zero attached hydrogens (tertiary/aromatic N) is 1. The first-order valence-corrected chi connectivity index (χ1v) is 13.7. The van der Waals surface area contributed by atoms with E-state index in [1.165, 1.54) is 7.11 Å². The lowest BCUT2D eigenvalue weighted by Gasteiger charge is -2.37. The van der Waals surface area contributed by atoms with Crippen molar-refractivity contribution in [1.82, 2.24) is 5.06 Å². The van der Waals surface area contributed by atoms with Crippen molar-refractivity contribution in [2.75, 3.05) is 20.3 Å². The molecule has 210 valence electrons. The minimum absolute atomic E-state index is 0.226. The van der Waals surface area contributed by atoms with Gasteiger partial charge in [0.2, 0.25) is 0 Å². The Labute approximate surface area is 234 Å². The van der Waals surface area contributed by atoms with Gasteiger partial charge in [-0.25, -0.2) is 4.79 Å². The maximum atomic E-state index is 12.1. The topological polar surface area (TPSA) is 75.7 Å². The molecule has 0 N–H and O–H groups in total. The highest BCUT2D eigenvalue weighted by Gasteiger charge is 2.58. The maximum Gasteiger partial charge on any atom is 0.337 e. The molecule has 0 aliphatic carbocycles. The average Bonchev–Trinajstić information content (AvgIpc) is 3.68. The Morgan fingerprint density at radius 2 is 1.40 bits per heavy atom. The number of rotatable bonds is 8. The highest BCUT2D eigenvalue weighted by Crippen LogP contribution is 2.44. The third-order valence-electron chi connectivity index (χ3n) is 7.75. The van der Waals surface area contributed by atoms with Gasteiger partial charge < -0.3 is 23.7 Å². The molecule has 0 radical (unpaired) electrons. The normalized spacial score (nSPS) is 27.9. The van der Waals surface area contributed by atoms with Crippen LogP contribution in [0.5, 0.6) is 0 Å². The van der Waals surface area contributed by atoms with Gasteiger partial charge in [-0.05, 0) is 30.5 Å². The summed E-state index contributed by atoms with van der Waals surface area (Å²) in [4.78, 5) is 18.0. The lowest BCUT2D eigenvalue weighted by molar-refractivity contribution is -0.277. The number of ether oxygens (including phenoxy) is 5. The van der Waals surface area contributed by atoms with Gasteiger partial charge in [-0.1, -0.05) is 91.0 Å². The number of esters is 1. The highest BCUT2D eigenvalue weighted by molar-refractivity contribution is 5.74. The van der Waals surface area contributed by atoms with Gasteiger partial charge in [-0.2, -0.15) is 5.06 Å². The van der Waals surface area contributed by atoms with Crippen LogP contribution in [0.1, 0.15) is 37.0 Å². The summed E-state index contributed by atoms with van der Waals surface area (Å²) in [5.74, 6) is -1.20. The van der Waals surface area contributed by atoms with E-state index in [0.717, 1.165) is 16.7 Å². The molecule has 0 bridgehead atoms. The monoisotopic (exact) mass is 545 g/mol. The van der Waals surface area contributed by atoms with Crippen LogP contribution >= 0.6 is 0 Å². The summed E-state index contributed by atoms with van der Waals surface area (Å²) in [6, 6.07) is 30.7. The first kappa shape index (κ1) is 27.1. The second kappa shape index (κ2) is 11.0. The minimum Gasteiger partial charge on any atom is -0.467 e. The largest absolute Gasteiger partial charge is 0.467 e. The van der Waals surface area contributed by atoms with Gasteiger partial charge in [0.15, 0.2) is 18.1 Å². The van der Waals surface area contributed by atoms with Crippen LogP contribution in [-0.2, 0) is 38.9 Å². The van der Waals surface area contributed by atoms with Crippen molar-refractivity contribution in [3.05, 3.63) is 108 Å². The summed E-state index contributed by atoms with van der Waals surface area (Å²) >= 11 is 0. The first-order valence-electron chi connectivity index (χ1n) is 13.7. The molecule has 5 unspecified atom stereocenters. The van der Waals surface area contributed by atoms with Crippen LogP contribution in [0, 0.1) is 0 Å². The van der Waals surface area contributed by atoms with Gasteiger partial charge in [-0.3, -0.25) is 4.84 Å². The number of hydroxylamine groups is 2. The molecule has 3 aromatic carbocycles. The van der Waals surface area contributed by atoms with E-state index in [0.29, 0.717) is 13.0 Å². The fraction of sp³-hybridized carbons (Fsp3) is 0.406. The van der Waals surface area contributed by atoms with Crippen molar-refractivity contribution in [2.45, 2.75) is 62.3 Å². The van der Waals surface area contributed by atoms with Crippen LogP contribution in [0.2, 0.25) is 0 Å². The third kappa shape index (κ3) is 4.96. The van der Waals surface area contributed by atoms with E-state index in [1.807, 2.05) is 68.4 Å². The molecule has 3 fully saturated rings. The van der Waals surface area contributed by atoms with E-state index >= 15 is 0 Å². The Bertz CT molecular complexity index is 1190. The summed E-state index contributed by atoms with van der Waals surface area (Å²) in [6.45, 7) is 4.52. The first-order chi connectivity index (χ1) is 19.4. The smallest absolute Gasteiger partial charge is 0.337 e. The highest BCUT2D eigenvalue weighted by atomic mass is 16.8. The molecule has 0 aromatic heterocycles. The number of benzene rings is 3. The number of hydrogen-bond donors (Lipinski definition) is 0. The van der Waals surface area contributed by atoms with Crippen LogP contribution in [0.3, 0.4) is 0 Å². The molecule has 3 aliphatic rings. The summed E-state index contributed by atoms with van der Waals surface area (Å²) < 4.78 is 31.1. The lowest BCUT2D eigenvalue weighted by Crippen LogP contribution is -2.43. The molecule has 40 heavy (non-hydrogen) atoms. The van der Waals surface area contributed by atoms with Gasteiger partial charge in [0.05, 0.1) is 13.7 Å². The third-order valence-corrected chi connectivity index (χ3v) is 7.75. The zero-order valence-corrected chi connectivity index (χ0v) is 23.0. The molecule has 8 heteroatoms. The van der Waals surface area contributed by atoms with Crippen LogP contribution in [0.25, 0.3) is 0 Å². The van der Waals surface area contributed by atoms with E-state index in [9.17, 15) is 4.79 Å². The lowest BCUT2D eigenvalue weighted by atomic mass is 9.80. The van der Waals surface area contributed by atoms with Gasteiger partial charge in [-0.15, -0.1) is 0 Å². The van der Waals surface area contributed by atoms with Crippen LogP contribution < -0.4 is 0 Å². The Morgan fingerprint density at radius 1 is 0.875 bits per heavy atom. The number of carbonyl (C=O) groups is 1. The molecule has 0 amide bonds. The fourth-order valence-corrected chi connectivity index (χ4v) is 5.99. The molecule has 5 atom stereocenters. The van der Waals surface area contributed by atoms with Crippen molar-refractivity contribution >= 4 is 5.97 Å². The molecule has 0 saturated carbocycles. The molecular weight excluding hydrogens is 510 g/mol. The molecule has 3 saturated heterocycles. The number of fused-ring (bicyclic) bond motifs is 1. The summed E-state index contributed by atoms with van der Waals surface area (Å²) in [6.07, 6.45) is -1.98. The predicted molar refractivity (Wildman–Crippen MR) is 146 cm³/mol. The van der Waals surface area contributed by atoms with Gasteiger partial charge in [0, 0.05) is 13.0 Å². The second-order valence-corrected chi connectivity index (χ2v) is 10.8. The SMILES string of the molecule is COC(=O)C1CCN(C2OC(COC(c3ccccc3)(c3ccccc3)c3ccccc3)C3OC(C)(C)OC32)O1. The molecule has 6 rings (SSSR count). The average molecular weight is 546 g/mol. The number of hydrogen-bond acceptors (Lipinski definition) is 8. The van der Waals surface area contributed by atoms with E-state index in [2.05, 4.69) is 36.4 Å². The predicted octanol–water partition coefficient (Wildman–Crippen LogP) is 4.42. The van der Waals surface area contributed by atoms with Gasteiger partial charge in [0.1, 0.15) is 23.9 Å². The zero-order valence-electron chi connectivity index (χ0n) is 23.0. The summed E-state index contributed by atoms with van der Waals surface area (Å²) in [5.41, 5.74) is 2.12. The fourth-order valence-electron chi connectivity index (χ4n) is 5.99. The Balaban J connectivity index is 1.33. The van der Waals surface area contributed by atoms with Gasteiger partial charge >= 0.3 is 5.97 Å². The molecule has 3 aliphatic heterocycles. The molecule has 3 heterocycles. The van der Waals surface area contributed by atoms with E-state index in [1.54, 1.807) is 5.06 Å². The minimum atomic E-state index is -0.893. The maximum absolute atomic E-state index is 12.1. The molecule has 3 aromatic rings. The van der Waals surface area contributed by atoms with Crippen molar-refractivity contribution in [1.29, 1.82) is 0 Å². The van der Waals surface area contributed by atoms with Crippen LogP contribution in [0.4, 0.5) is 0 Å². The Morgan fingerprint density at radius 3 is 1.93 bits per heavy atom. The Hall–Kier alpha value is -3.11. The quantitative estimate of drug-likeness (QED) is 0.304. The molecule has 8 nitrogen and oxygen atoms in total. The number of methoxy groups -OCH3 is 1. The Kier molecular flexibility index (Phi) is 7.48. The van der Waals surface area contributed by atoms with Gasteiger partial charge in [0.25, 0.3) is 0 Å². The van der Waals surface area contributed by atoms with Crippen molar-refractivity contribution in [3.63, 3.8) is 0 Å². The van der Waals surface area contributed by atoms with E-state index in [-0.39, 0.29) is 12.7 Å². The molecular formula is C32H35NO7.